The average Bonchev–Trinajstić information content (AvgIpc) is 3.07. The number of hydrogen-bond acceptors (Lipinski definition) is 6. The number of fused-ring (bicyclic) bond motifs is 1. The second-order valence-corrected chi connectivity index (χ2v) is 5.01. The Morgan fingerprint density at radius 1 is 1.14 bits per heavy atom. The van der Waals surface area contributed by atoms with Crippen molar-refractivity contribution >= 4 is 5.97 Å². The molecule has 6 nitrogen and oxygen atoms in total. The minimum absolute atomic E-state index is 0.284. The van der Waals surface area contributed by atoms with E-state index in [0.29, 0.717) is 12.2 Å². The van der Waals surface area contributed by atoms with Crippen LogP contribution in [0.25, 0.3) is 0 Å². The molecule has 2 aliphatic heterocycles. The number of methoxy groups -OCH3 is 2. The summed E-state index contributed by atoms with van der Waals surface area (Å²) in [5, 5.41) is 0. The molecule has 2 aliphatic rings. The van der Waals surface area contributed by atoms with Crippen molar-refractivity contribution in [3.05, 3.63) is 35.9 Å². The molecule has 2 heterocycles. The maximum absolute atomic E-state index is 12.1. The van der Waals surface area contributed by atoms with Crippen molar-refractivity contribution in [2.24, 2.45) is 0 Å². The SMILES string of the molecule is CO[C@H]1O[C@@H]2[C@@H](OC[C@@H]2OC(=O)c2ccccc2)[C@@H]1OC. The molecular weight excluding hydrogens is 276 g/mol. The molecule has 0 radical (unpaired) electrons. The van der Waals surface area contributed by atoms with E-state index in [9.17, 15) is 4.79 Å². The van der Waals surface area contributed by atoms with Gasteiger partial charge >= 0.3 is 5.97 Å². The van der Waals surface area contributed by atoms with Gasteiger partial charge in [-0.2, -0.15) is 0 Å². The standard InChI is InChI=1S/C15H18O6/c1-17-13-12-11(21-15(13)18-2)10(8-19-12)20-14(16)9-6-4-3-5-7-9/h3-7,10-13,15H,8H2,1-2H3/t10-,11-,12+,13-,15-/m0/s1. The molecule has 2 fully saturated rings. The summed E-state index contributed by atoms with van der Waals surface area (Å²) in [5.41, 5.74) is 0.505. The van der Waals surface area contributed by atoms with Gasteiger partial charge in [-0.1, -0.05) is 18.2 Å². The predicted molar refractivity (Wildman–Crippen MR) is 71.9 cm³/mol. The molecular formula is C15H18O6. The van der Waals surface area contributed by atoms with Crippen molar-refractivity contribution in [3.8, 4) is 0 Å². The first kappa shape index (κ1) is 14.5. The second kappa shape index (κ2) is 6.11. The Labute approximate surface area is 122 Å². The molecule has 0 aliphatic carbocycles. The Bertz CT molecular complexity index is 490. The monoisotopic (exact) mass is 294 g/mol. The first-order valence-corrected chi connectivity index (χ1v) is 6.83. The molecule has 0 amide bonds. The Hall–Kier alpha value is -1.47. The lowest BCUT2D eigenvalue weighted by Crippen LogP contribution is -2.35. The van der Waals surface area contributed by atoms with Crippen molar-refractivity contribution < 1.29 is 28.5 Å². The summed E-state index contributed by atoms with van der Waals surface area (Å²) in [6, 6.07) is 8.84. The molecule has 21 heavy (non-hydrogen) atoms. The van der Waals surface area contributed by atoms with E-state index in [0.717, 1.165) is 0 Å². The zero-order valence-electron chi connectivity index (χ0n) is 11.9. The zero-order valence-corrected chi connectivity index (χ0v) is 11.9. The van der Waals surface area contributed by atoms with E-state index >= 15 is 0 Å². The first-order chi connectivity index (χ1) is 10.2. The normalized spacial score (nSPS) is 34.7. The molecule has 0 saturated carbocycles. The van der Waals surface area contributed by atoms with Gasteiger partial charge in [-0.3, -0.25) is 0 Å². The van der Waals surface area contributed by atoms with Crippen LogP contribution in [0.15, 0.2) is 30.3 Å². The molecule has 0 bridgehead atoms. The summed E-state index contributed by atoms with van der Waals surface area (Å²) in [5.74, 6) is -0.386. The second-order valence-electron chi connectivity index (χ2n) is 5.01. The number of carbonyl (C=O) groups excluding carboxylic acids is 1. The van der Waals surface area contributed by atoms with Gasteiger partial charge < -0.3 is 23.7 Å². The highest BCUT2D eigenvalue weighted by molar-refractivity contribution is 5.89. The van der Waals surface area contributed by atoms with Gasteiger partial charge in [0.2, 0.25) is 0 Å². The van der Waals surface area contributed by atoms with Crippen LogP contribution < -0.4 is 0 Å². The number of hydrogen-bond donors (Lipinski definition) is 0. The molecule has 0 N–H and O–H groups in total. The Balaban J connectivity index is 1.67. The Morgan fingerprint density at radius 2 is 1.90 bits per heavy atom. The highest BCUT2D eigenvalue weighted by atomic mass is 16.7. The van der Waals surface area contributed by atoms with Gasteiger partial charge in [0.15, 0.2) is 12.4 Å². The Kier molecular flexibility index (Phi) is 4.21. The number of esters is 1. The number of ether oxygens (including phenoxy) is 5. The molecule has 1 aromatic rings. The van der Waals surface area contributed by atoms with Crippen molar-refractivity contribution in [2.45, 2.75) is 30.7 Å². The highest BCUT2D eigenvalue weighted by Gasteiger charge is 2.54. The molecule has 3 rings (SSSR count). The largest absolute Gasteiger partial charge is 0.453 e. The highest BCUT2D eigenvalue weighted by Crippen LogP contribution is 2.34. The maximum Gasteiger partial charge on any atom is 0.338 e. The van der Waals surface area contributed by atoms with Crippen LogP contribution >= 0.6 is 0 Å². The molecule has 2 saturated heterocycles. The van der Waals surface area contributed by atoms with Gasteiger partial charge in [0.05, 0.1) is 12.2 Å². The van der Waals surface area contributed by atoms with Crippen LogP contribution in [0.4, 0.5) is 0 Å². The fourth-order valence-electron chi connectivity index (χ4n) is 2.76. The van der Waals surface area contributed by atoms with Gasteiger partial charge in [-0.15, -0.1) is 0 Å². The summed E-state index contributed by atoms with van der Waals surface area (Å²) >= 11 is 0. The lowest BCUT2D eigenvalue weighted by Gasteiger charge is -2.19. The quantitative estimate of drug-likeness (QED) is 0.772. The average molecular weight is 294 g/mol. The van der Waals surface area contributed by atoms with Gasteiger partial charge in [-0.25, -0.2) is 4.79 Å². The van der Waals surface area contributed by atoms with Gasteiger partial charge in [0.1, 0.15) is 18.3 Å². The van der Waals surface area contributed by atoms with Gasteiger partial charge in [0.25, 0.3) is 0 Å². The van der Waals surface area contributed by atoms with Crippen LogP contribution in [0.2, 0.25) is 0 Å². The van der Waals surface area contributed by atoms with Gasteiger partial charge in [0, 0.05) is 14.2 Å². The molecule has 6 heteroatoms. The van der Waals surface area contributed by atoms with Crippen molar-refractivity contribution in [2.75, 3.05) is 20.8 Å². The van der Waals surface area contributed by atoms with Crippen LogP contribution in [0, 0.1) is 0 Å². The lowest BCUT2D eigenvalue weighted by molar-refractivity contribution is -0.174. The fourth-order valence-corrected chi connectivity index (χ4v) is 2.76. The first-order valence-electron chi connectivity index (χ1n) is 6.83. The molecule has 5 atom stereocenters. The lowest BCUT2D eigenvalue weighted by atomic mass is 10.1. The molecule has 114 valence electrons. The van der Waals surface area contributed by atoms with Crippen molar-refractivity contribution in [1.82, 2.24) is 0 Å². The van der Waals surface area contributed by atoms with E-state index in [1.807, 2.05) is 6.07 Å². The van der Waals surface area contributed by atoms with Crippen LogP contribution in [-0.2, 0) is 23.7 Å². The van der Waals surface area contributed by atoms with E-state index in [1.54, 1.807) is 38.5 Å². The van der Waals surface area contributed by atoms with Crippen LogP contribution in [0.3, 0.4) is 0 Å². The van der Waals surface area contributed by atoms with E-state index in [4.69, 9.17) is 23.7 Å². The topological polar surface area (TPSA) is 63.2 Å². The third-order valence-electron chi connectivity index (χ3n) is 3.80. The molecule has 0 unspecified atom stereocenters. The number of carbonyl (C=O) groups is 1. The van der Waals surface area contributed by atoms with Crippen LogP contribution in [0.1, 0.15) is 10.4 Å². The number of benzene rings is 1. The Morgan fingerprint density at radius 3 is 2.57 bits per heavy atom. The molecule has 0 spiro atoms. The van der Waals surface area contributed by atoms with E-state index < -0.39 is 12.4 Å². The third kappa shape index (κ3) is 2.67. The van der Waals surface area contributed by atoms with Crippen LogP contribution in [-0.4, -0.2) is 57.5 Å². The minimum atomic E-state index is -0.511. The summed E-state index contributed by atoms with van der Waals surface area (Å²) in [4.78, 5) is 12.1. The zero-order chi connectivity index (χ0) is 14.8. The van der Waals surface area contributed by atoms with Crippen molar-refractivity contribution in [3.63, 3.8) is 0 Å². The smallest absolute Gasteiger partial charge is 0.338 e. The van der Waals surface area contributed by atoms with Gasteiger partial charge in [-0.05, 0) is 12.1 Å². The summed E-state index contributed by atoms with van der Waals surface area (Å²) < 4.78 is 27.5. The predicted octanol–water partition coefficient (Wildman–Crippen LogP) is 0.997. The maximum atomic E-state index is 12.1. The number of rotatable bonds is 4. The molecule has 1 aromatic carbocycles. The van der Waals surface area contributed by atoms with E-state index in [-0.39, 0.29) is 24.3 Å². The van der Waals surface area contributed by atoms with E-state index in [2.05, 4.69) is 0 Å². The fraction of sp³-hybridized carbons (Fsp3) is 0.533. The van der Waals surface area contributed by atoms with E-state index in [1.165, 1.54) is 0 Å². The van der Waals surface area contributed by atoms with Crippen molar-refractivity contribution in [1.29, 1.82) is 0 Å². The third-order valence-corrected chi connectivity index (χ3v) is 3.80. The summed E-state index contributed by atoms with van der Waals surface area (Å²) in [6.07, 6.45) is -1.94. The summed E-state index contributed by atoms with van der Waals surface area (Å²) in [6.45, 7) is 0.296. The van der Waals surface area contributed by atoms with Crippen LogP contribution in [0.5, 0.6) is 0 Å². The molecule has 0 aromatic heterocycles. The summed E-state index contributed by atoms with van der Waals surface area (Å²) in [7, 11) is 3.12. The minimum Gasteiger partial charge on any atom is -0.453 e.